The van der Waals surface area contributed by atoms with E-state index in [0.717, 1.165) is 11.1 Å². The van der Waals surface area contributed by atoms with E-state index in [1.807, 2.05) is 30.3 Å². The highest BCUT2D eigenvalue weighted by molar-refractivity contribution is 5.89. The lowest BCUT2D eigenvalue weighted by atomic mass is 10.0. The van der Waals surface area contributed by atoms with Gasteiger partial charge in [0, 0.05) is 20.5 Å². The smallest absolute Gasteiger partial charge is 0.414 e. The topological polar surface area (TPSA) is 103 Å². The molecule has 0 saturated heterocycles. The summed E-state index contributed by atoms with van der Waals surface area (Å²) in [6, 6.07) is 22.6. The van der Waals surface area contributed by atoms with Crippen LogP contribution in [0.1, 0.15) is 54.7 Å². The van der Waals surface area contributed by atoms with Crippen LogP contribution in [0.15, 0.2) is 78.9 Å². The Bertz CT molecular complexity index is 1250. The summed E-state index contributed by atoms with van der Waals surface area (Å²) in [5.74, 6) is 0.537. The first kappa shape index (κ1) is 30.0. The molecular formula is C31H36N2O7. The van der Waals surface area contributed by atoms with Gasteiger partial charge in [-0.3, -0.25) is 0 Å². The number of nitrogens with one attached hydrogen (secondary N) is 1. The standard InChI is InChI=1S/C31H36N2O7/c1-31(2,3)40-29(35)32-27(23-11-17-26(18-12-23)39-30(36)33(4)5)19-20-37-25-15-13-24(14-16-25)28(34)38-21-22-9-7-6-8-10-22/h6-18,27H,19-21H2,1-5H3,(H,32,35). The minimum atomic E-state index is -0.653. The number of ether oxygens (including phenoxy) is 4. The number of rotatable bonds is 10. The maximum absolute atomic E-state index is 12.5. The van der Waals surface area contributed by atoms with Gasteiger partial charge >= 0.3 is 18.2 Å². The third-order valence-electron chi connectivity index (χ3n) is 5.52. The van der Waals surface area contributed by atoms with Crippen molar-refractivity contribution in [2.24, 2.45) is 0 Å². The predicted octanol–water partition coefficient (Wildman–Crippen LogP) is 6.14. The van der Waals surface area contributed by atoms with Crippen LogP contribution in [0.3, 0.4) is 0 Å². The Balaban J connectivity index is 1.59. The van der Waals surface area contributed by atoms with E-state index in [-0.39, 0.29) is 13.2 Å². The minimum Gasteiger partial charge on any atom is -0.494 e. The number of hydrogen-bond donors (Lipinski definition) is 1. The van der Waals surface area contributed by atoms with E-state index in [4.69, 9.17) is 18.9 Å². The number of amides is 2. The second-order valence-corrected chi connectivity index (χ2v) is 10.3. The summed E-state index contributed by atoms with van der Waals surface area (Å²) in [5.41, 5.74) is 1.47. The summed E-state index contributed by atoms with van der Waals surface area (Å²) < 4.78 is 22.0. The summed E-state index contributed by atoms with van der Waals surface area (Å²) >= 11 is 0. The monoisotopic (exact) mass is 548 g/mol. The third kappa shape index (κ3) is 9.98. The summed E-state index contributed by atoms with van der Waals surface area (Å²) in [5, 5.41) is 2.89. The van der Waals surface area contributed by atoms with Crippen molar-refractivity contribution in [3.63, 3.8) is 0 Å². The molecule has 0 aliphatic rings. The van der Waals surface area contributed by atoms with Crippen LogP contribution in [0.4, 0.5) is 9.59 Å². The third-order valence-corrected chi connectivity index (χ3v) is 5.52. The van der Waals surface area contributed by atoms with Crippen molar-refractivity contribution in [2.45, 2.75) is 45.4 Å². The second-order valence-electron chi connectivity index (χ2n) is 10.3. The Morgan fingerprint density at radius 2 is 1.48 bits per heavy atom. The molecule has 1 unspecified atom stereocenters. The van der Waals surface area contributed by atoms with Crippen molar-refractivity contribution in [2.75, 3.05) is 20.7 Å². The highest BCUT2D eigenvalue weighted by atomic mass is 16.6. The van der Waals surface area contributed by atoms with Gasteiger partial charge < -0.3 is 29.2 Å². The highest BCUT2D eigenvalue weighted by Crippen LogP contribution is 2.23. The van der Waals surface area contributed by atoms with Crippen molar-refractivity contribution < 1.29 is 33.3 Å². The number of carbonyl (C=O) groups is 3. The number of hydrogen-bond acceptors (Lipinski definition) is 7. The molecule has 0 aliphatic heterocycles. The molecular weight excluding hydrogens is 512 g/mol. The fraction of sp³-hybridized carbons (Fsp3) is 0.323. The van der Waals surface area contributed by atoms with Crippen molar-refractivity contribution in [3.05, 3.63) is 95.6 Å². The van der Waals surface area contributed by atoms with E-state index in [2.05, 4.69) is 5.32 Å². The maximum Gasteiger partial charge on any atom is 0.414 e. The average molecular weight is 549 g/mol. The van der Waals surface area contributed by atoms with Crippen molar-refractivity contribution in [1.82, 2.24) is 10.2 Å². The highest BCUT2D eigenvalue weighted by Gasteiger charge is 2.21. The van der Waals surface area contributed by atoms with Crippen molar-refractivity contribution >= 4 is 18.2 Å². The summed E-state index contributed by atoms with van der Waals surface area (Å²) in [7, 11) is 3.20. The van der Waals surface area contributed by atoms with Gasteiger partial charge in [0.15, 0.2) is 0 Å². The van der Waals surface area contributed by atoms with Crippen LogP contribution >= 0.6 is 0 Å². The van der Waals surface area contributed by atoms with Crippen LogP contribution in [0, 0.1) is 0 Å². The fourth-order valence-electron chi connectivity index (χ4n) is 3.52. The van der Waals surface area contributed by atoms with Crippen molar-refractivity contribution in [1.29, 1.82) is 0 Å². The second kappa shape index (κ2) is 14.0. The lowest BCUT2D eigenvalue weighted by Gasteiger charge is -2.24. The van der Waals surface area contributed by atoms with Gasteiger partial charge in [0.2, 0.25) is 0 Å². The van der Waals surface area contributed by atoms with Crippen LogP contribution < -0.4 is 14.8 Å². The van der Waals surface area contributed by atoms with Gasteiger partial charge in [0.25, 0.3) is 0 Å². The molecule has 1 atom stereocenters. The fourth-order valence-corrected chi connectivity index (χ4v) is 3.52. The lowest BCUT2D eigenvalue weighted by molar-refractivity contribution is 0.0469. The van der Waals surface area contributed by atoms with Crippen LogP contribution in [-0.4, -0.2) is 49.4 Å². The molecule has 0 spiro atoms. The quantitative estimate of drug-likeness (QED) is 0.304. The zero-order valence-electron chi connectivity index (χ0n) is 23.5. The first-order valence-corrected chi connectivity index (χ1v) is 12.9. The summed E-state index contributed by atoms with van der Waals surface area (Å²) in [4.78, 5) is 38.0. The molecule has 0 aromatic heterocycles. The number of nitrogens with zero attached hydrogens (tertiary/aromatic N) is 1. The van der Waals surface area contributed by atoms with Crippen molar-refractivity contribution in [3.8, 4) is 11.5 Å². The molecule has 3 aromatic carbocycles. The van der Waals surface area contributed by atoms with Gasteiger partial charge in [0.05, 0.1) is 18.2 Å². The van der Waals surface area contributed by atoms with Gasteiger partial charge in [0.1, 0.15) is 23.7 Å². The number of alkyl carbamates (subject to hydrolysis) is 1. The zero-order chi connectivity index (χ0) is 29.1. The van der Waals surface area contributed by atoms with E-state index in [1.165, 1.54) is 4.90 Å². The molecule has 40 heavy (non-hydrogen) atoms. The van der Waals surface area contributed by atoms with Crippen LogP contribution in [0.2, 0.25) is 0 Å². The van der Waals surface area contributed by atoms with Crippen LogP contribution in [0.5, 0.6) is 11.5 Å². The number of esters is 1. The first-order chi connectivity index (χ1) is 19.0. The molecule has 0 heterocycles. The van der Waals surface area contributed by atoms with E-state index < -0.39 is 29.8 Å². The molecule has 0 saturated carbocycles. The SMILES string of the molecule is CN(C)C(=O)Oc1ccc(C(CCOc2ccc(C(=O)OCc3ccccc3)cc2)NC(=O)OC(C)(C)C)cc1. The van der Waals surface area contributed by atoms with Gasteiger partial charge in [-0.2, -0.15) is 0 Å². The Hall–Kier alpha value is -4.53. The molecule has 0 aliphatic carbocycles. The van der Waals surface area contributed by atoms with Gasteiger partial charge in [-0.25, -0.2) is 14.4 Å². The minimum absolute atomic E-state index is 0.197. The Morgan fingerprint density at radius 1 is 0.850 bits per heavy atom. The van der Waals surface area contributed by atoms with Gasteiger partial charge in [-0.05, 0) is 68.3 Å². The Kier molecular flexibility index (Phi) is 10.5. The lowest BCUT2D eigenvalue weighted by Crippen LogP contribution is -2.35. The van der Waals surface area contributed by atoms with Crippen LogP contribution in [0.25, 0.3) is 0 Å². The Morgan fingerprint density at radius 3 is 2.08 bits per heavy atom. The summed E-state index contributed by atoms with van der Waals surface area (Å²) in [6.07, 6.45) is -0.615. The predicted molar refractivity (Wildman–Crippen MR) is 150 cm³/mol. The molecule has 0 bridgehead atoms. The molecule has 9 heteroatoms. The Labute approximate surface area is 235 Å². The van der Waals surface area contributed by atoms with E-state index in [1.54, 1.807) is 83.4 Å². The molecule has 2 amide bonds. The van der Waals surface area contributed by atoms with E-state index in [9.17, 15) is 14.4 Å². The normalized spacial score (nSPS) is 11.6. The largest absolute Gasteiger partial charge is 0.494 e. The zero-order valence-corrected chi connectivity index (χ0v) is 23.5. The van der Waals surface area contributed by atoms with E-state index >= 15 is 0 Å². The molecule has 3 aromatic rings. The molecule has 0 fully saturated rings. The number of carbonyl (C=O) groups excluding carboxylic acids is 3. The molecule has 3 rings (SSSR count). The first-order valence-electron chi connectivity index (χ1n) is 12.9. The molecule has 1 N–H and O–H groups in total. The van der Waals surface area contributed by atoms with Gasteiger partial charge in [-0.15, -0.1) is 0 Å². The van der Waals surface area contributed by atoms with Crippen LogP contribution in [-0.2, 0) is 16.1 Å². The molecule has 212 valence electrons. The maximum atomic E-state index is 12.5. The summed E-state index contributed by atoms with van der Waals surface area (Å²) in [6.45, 7) is 5.85. The molecule has 9 nitrogen and oxygen atoms in total. The van der Waals surface area contributed by atoms with E-state index in [0.29, 0.717) is 23.5 Å². The van der Waals surface area contributed by atoms with Gasteiger partial charge in [-0.1, -0.05) is 42.5 Å². The average Bonchev–Trinajstić information content (AvgIpc) is 2.91. The number of benzene rings is 3. The molecule has 0 radical (unpaired) electrons.